The van der Waals surface area contributed by atoms with Gasteiger partial charge in [-0.1, -0.05) is 0 Å². The first-order valence-electron chi connectivity index (χ1n) is 5.85. The van der Waals surface area contributed by atoms with Gasteiger partial charge in [-0.25, -0.2) is 0 Å². The Bertz CT molecular complexity index is 421. The minimum Gasteiger partial charge on any atom is -0.397 e. The average Bonchev–Trinajstić information content (AvgIpc) is 2.29. The van der Waals surface area contributed by atoms with E-state index in [0.29, 0.717) is 5.69 Å². The van der Waals surface area contributed by atoms with Gasteiger partial charge in [0, 0.05) is 18.2 Å². The molecule has 0 aliphatic carbocycles. The minimum atomic E-state index is -0.449. The second-order valence-corrected chi connectivity index (χ2v) is 4.67. The smallest absolute Gasteiger partial charge is 0.271 e. The van der Waals surface area contributed by atoms with Crippen LogP contribution in [0.25, 0.3) is 0 Å². The lowest BCUT2D eigenvalue weighted by atomic mass is 10.2. The Kier molecular flexibility index (Phi) is 4.91. The van der Waals surface area contributed by atoms with Gasteiger partial charge < -0.3 is 16.0 Å². The maximum Gasteiger partial charge on any atom is 0.271 e. The number of nitrogens with two attached hydrogens (primary N) is 1. The minimum absolute atomic E-state index is 0.0130. The van der Waals surface area contributed by atoms with E-state index in [-0.39, 0.29) is 11.7 Å². The van der Waals surface area contributed by atoms with Crippen LogP contribution in [0.15, 0.2) is 18.2 Å². The van der Waals surface area contributed by atoms with Crippen molar-refractivity contribution < 1.29 is 4.92 Å². The Balaban J connectivity index is 2.64. The Hall–Kier alpha value is -1.82. The summed E-state index contributed by atoms with van der Waals surface area (Å²) in [6.07, 6.45) is 0.976. The van der Waals surface area contributed by atoms with Gasteiger partial charge in [0.25, 0.3) is 5.69 Å². The molecule has 0 saturated heterocycles. The number of nitro benzene ring substituents is 1. The molecule has 0 fully saturated rings. The fourth-order valence-electron chi connectivity index (χ4n) is 1.58. The van der Waals surface area contributed by atoms with Crippen LogP contribution in [0.2, 0.25) is 0 Å². The number of rotatable bonds is 6. The van der Waals surface area contributed by atoms with Crippen LogP contribution in [0.4, 0.5) is 17.1 Å². The molecule has 1 rings (SSSR count). The Morgan fingerprint density at radius 1 is 1.50 bits per heavy atom. The van der Waals surface area contributed by atoms with E-state index in [1.807, 2.05) is 14.1 Å². The van der Waals surface area contributed by atoms with E-state index in [0.717, 1.165) is 18.7 Å². The molecule has 1 aromatic rings. The molecule has 0 aliphatic heterocycles. The summed E-state index contributed by atoms with van der Waals surface area (Å²) in [6.45, 7) is 3.03. The summed E-state index contributed by atoms with van der Waals surface area (Å²) in [5.41, 5.74) is 6.95. The summed E-state index contributed by atoms with van der Waals surface area (Å²) in [7, 11) is 4.04. The fraction of sp³-hybridized carbons (Fsp3) is 0.500. The molecule has 6 nitrogen and oxygen atoms in total. The van der Waals surface area contributed by atoms with Crippen LogP contribution >= 0.6 is 0 Å². The average molecular weight is 252 g/mol. The highest BCUT2D eigenvalue weighted by atomic mass is 16.6. The van der Waals surface area contributed by atoms with Crippen molar-refractivity contribution in [2.24, 2.45) is 0 Å². The van der Waals surface area contributed by atoms with Gasteiger partial charge >= 0.3 is 0 Å². The van der Waals surface area contributed by atoms with Crippen LogP contribution in [0.1, 0.15) is 13.3 Å². The largest absolute Gasteiger partial charge is 0.397 e. The molecular formula is C12H20N4O2. The zero-order valence-corrected chi connectivity index (χ0v) is 11.0. The predicted molar refractivity (Wildman–Crippen MR) is 73.8 cm³/mol. The van der Waals surface area contributed by atoms with Gasteiger partial charge in [0.15, 0.2) is 0 Å². The molecule has 1 unspecified atom stereocenters. The van der Waals surface area contributed by atoms with E-state index in [1.54, 1.807) is 6.07 Å². The molecule has 0 heterocycles. The molecule has 1 atom stereocenters. The molecule has 3 N–H and O–H groups in total. The quantitative estimate of drug-likeness (QED) is 0.459. The van der Waals surface area contributed by atoms with Crippen molar-refractivity contribution in [1.29, 1.82) is 0 Å². The van der Waals surface area contributed by atoms with Gasteiger partial charge in [-0.15, -0.1) is 0 Å². The van der Waals surface area contributed by atoms with Crippen molar-refractivity contribution in [1.82, 2.24) is 4.90 Å². The Labute approximate surface area is 107 Å². The Morgan fingerprint density at radius 3 is 2.67 bits per heavy atom. The second kappa shape index (κ2) is 6.20. The third-order valence-corrected chi connectivity index (χ3v) is 2.66. The highest BCUT2D eigenvalue weighted by Gasteiger charge is 2.10. The summed E-state index contributed by atoms with van der Waals surface area (Å²) >= 11 is 0. The van der Waals surface area contributed by atoms with Crippen molar-refractivity contribution in [3.05, 3.63) is 28.3 Å². The van der Waals surface area contributed by atoms with Crippen LogP contribution in [-0.4, -0.2) is 36.5 Å². The third-order valence-electron chi connectivity index (χ3n) is 2.66. The highest BCUT2D eigenvalue weighted by Crippen LogP contribution is 2.24. The molecule has 0 bridgehead atoms. The van der Waals surface area contributed by atoms with E-state index in [2.05, 4.69) is 17.1 Å². The SMILES string of the molecule is CC(CCN(C)C)Nc1ccc([N+](=O)[O-])cc1N. The zero-order valence-electron chi connectivity index (χ0n) is 11.0. The molecule has 100 valence electrons. The van der Waals surface area contributed by atoms with Crippen LogP contribution in [-0.2, 0) is 0 Å². The molecule has 18 heavy (non-hydrogen) atoms. The molecule has 0 spiro atoms. The normalized spacial score (nSPS) is 12.4. The Morgan fingerprint density at radius 2 is 2.17 bits per heavy atom. The number of non-ortho nitro benzene ring substituents is 1. The van der Waals surface area contributed by atoms with Crippen LogP contribution in [0, 0.1) is 10.1 Å². The standard InChI is InChI=1S/C12H20N4O2/c1-9(6-7-15(2)3)14-12-5-4-10(16(17)18)8-11(12)13/h4-5,8-9,14H,6-7,13H2,1-3H3. The molecule has 0 radical (unpaired) electrons. The number of benzene rings is 1. The van der Waals surface area contributed by atoms with E-state index < -0.39 is 4.92 Å². The van der Waals surface area contributed by atoms with Gasteiger partial charge in [-0.05, 0) is 40.1 Å². The van der Waals surface area contributed by atoms with Gasteiger partial charge in [0.2, 0.25) is 0 Å². The maximum atomic E-state index is 10.6. The first-order valence-corrected chi connectivity index (χ1v) is 5.85. The van der Waals surface area contributed by atoms with Crippen LogP contribution in [0.3, 0.4) is 0 Å². The number of anilines is 2. The maximum absolute atomic E-state index is 10.6. The molecule has 6 heteroatoms. The molecule has 0 aromatic heterocycles. The summed E-state index contributed by atoms with van der Waals surface area (Å²) in [5, 5.41) is 13.8. The molecule has 0 amide bonds. The number of nitrogens with one attached hydrogen (secondary N) is 1. The number of hydrogen-bond acceptors (Lipinski definition) is 5. The second-order valence-electron chi connectivity index (χ2n) is 4.67. The summed E-state index contributed by atoms with van der Waals surface area (Å²) < 4.78 is 0. The van der Waals surface area contributed by atoms with Crippen molar-refractivity contribution in [2.75, 3.05) is 31.7 Å². The number of nitrogen functional groups attached to an aromatic ring is 1. The highest BCUT2D eigenvalue weighted by molar-refractivity contribution is 5.69. The topological polar surface area (TPSA) is 84.4 Å². The van der Waals surface area contributed by atoms with Crippen molar-refractivity contribution in [2.45, 2.75) is 19.4 Å². The van der Waals surface area contributed by atoms with E-state index in [1.165, 1.54) is 12.1 Å². The lowest BCUT2D eigenvalue weighted by molar-refractivity contribution is -0.384. The molecule has 0 saturated carbocycles. The number of nitro groups is 1. The van der Waals surface area contributed by atoms with Crippen LogP contribution in [0.5, 0.6) is 0 Å². The fourth-order valence-corrected chi connectivity index (χ4v) is 1.58. The summed E-state index contributed by atoms with van der Waals surface area (Å²) in [5.74, 6) is 0. The predicted octanol–water partition coefficient (Wildman–Crippen LogP) is 1.93. The molecule has 0 aliphatic rings. The third kappa shape index (κ3) is 4.21. The summed E-state index contributed by atoms with van der Waals surface area (Å²) in [4.78, 5) is 12.2. The van der Waals surface area contributed by atoms with E-state index in [4.69, 9.17) is 5.73 Å². The van der Waals surface area contributed by atoms with Gasteiger partial charge in [-0.3, -0.25) is 10.1 Å². The first-order chi connectivity index (χ1) is 8.40. The van der Waals surface area contributed by atoms with E-state index in [9.17, 15) is 10.1 Å². The molecular weight excluding hydrogens is 232 g/mol. The monoisotopic (exact) mass is 252 g/mol. The van der Waals surface area contributed by atoms with Gasteiger partial charge in [0.1, 0.15) is 0 Å². The van der Waals surface area contributed by atoms with Gasteiger partial charge in [0.05, 0.1) is 16.3 Å². The van der Waals surface area contributed by atoms with Crippen LogP contribution < -0.4 is 11.1 Å². The molecule has 1 aromatic carbocycles. The van der Waals surface area contributed by atoms with E-state index >= 15 is 0 Å². The first kappa shape index (κ1) is 14.2. The lowest BCUT2D eigenvalue weighted by Crippen LogP contribution is -2.23. The van der Waals surface area contributed by atoms with Crippen molar-refractivity contribution >= 4 is 17.1 Å². The number of nitrogens with zero attached hydrogens (tertiary/aromatic N) is 2. The van der Waals surface area contributed by atoms with Crippen molar-refractivity contribution in [3.8, 4) is 0 Å². The number of hydrogen-bond donors (Lipinski definition) is 2. The van der Waals surface area contributed by atoms with Crippen molar-refractivity contribution in [3.63, 3.8) is 0 Å². The zero-order chi connectivity index (χ0) is 13.7. The lowest BCUT2D eigenvalue weighted by Gasteiger charge is -2.18. The van der Waals surface area contributed by atoms with Gasteiger partial charge in [-0.2, -0.15) is 0 Å². The summed E-state index contributed by atoms with van der Waals surface area (Å²) in [6, 6.07) is 4.74.